The standard InChI is InChI=1S/C13H13FN2/c1-10-7-12(14)4-5-13(10)16-9-11-3-2-6-15-8-11/h2-8,16H,9H2,1H3/p+1. The highest BCUT2D eigenvalue weighted by Crippen LogP contribution is 2.16. The molecule has 0 spiro atoms. The van der Waals surface area contributed by atoms with Gasteiger partial charge in [-0.2, -0.15) is 0 Å². The van der Waals surface area contributed by atoms with E-state index in [4.69, 9.17) is 0 Å². The Labute approximate surface area is 94.2 Å². The van der Waals surface area contributed by atoms with Crippen molar-refractivity contribution in [2.24, 2.45) is 0 Å². The molecule has 0 bridgehead atoms. The number of halogens is 1. The molecule has 16 heavy (non-hydrogen) atoms. The number of benzene rings is 1. The summed E-state index contributed by atoms with van der Waals surface area (Å²) in [5.41, 5.74) is 3.04. The molecule has 82 valence electrons. The molecule has 1 aromatic carbocycles. The fourth-order valence-electron chi connectivity index (χ4n) is 1.56. The van der Waals surface area contributed by atoms with Crippen LogP contribution in [0, 0.1) is 12.7 Å². The Bertz CT molecular complexity index is 469. The average Bonchev–Trinajstić information content (AvgIpc) is 2.29. The van der Waals surface area contributed by atoms with Crippen molar-refractivity contribution in [3.05, 3.63) is 59.7 Å². The molecule has 0 aliphatic heterocycles. The van der Waals surface area contributed by atoms with Gasteiger partial charge in [0.15, 0.2) is 12.4 Å². The van der Waals surface area contributed by atoms with Crippen LogP contribution >= 0.6 is 0 Å². The molecule has 1 aromatic heterocycles. The van der Waals surface area contributed by atoms with Crippen LogP contribution in [0.5, 0.6) is 0 Å². The van der Waals surface area contributed by atoms with E-state index in [1.807, 2.05) is 31.5 Å². The molecule has 3 heteroatoms. The van der Waals surface area contributed by atoms with Gasteiger partial charge >= 0.3 is 0 Å². The Balaban J connectivity index is 2.05. The molecule has 1 heterocycles. The Morgan fingerprint density at radius 2 is 2.19 bits per heavy atom. The summed E-state index contributed by atoms with van der Waals surface area (Å²) in [6, 6.07) is 8.74. The number of H-pyrrole nitrogens is 1. The molecule has 2 aromatic rings. The van der Waals surface area contributed by atoms with Crippen LogP contribution in [-0.4, -0.2) is 0 Å². The van der Waals surface area contributed by atoms with Crippen molar-refractivity contribution in [3.8, 4) is 0 Å². The molecule has 0 unspecified atom stereocenters. The predicted octanol–water partition coefficient (Wildman–Crippen LogP) is 2.56. The van der Waals surface area contributed by atoms with E-state index in [1.54, 1.807) is 6.07 Å². The summed E-state index contributed by atoms with van der Waals surface area (Å²) in [7, 11) is 0. The monoisotopic (exact) mass is 217 g/mol. The van der Waals surface area contributed by atoms with Crippen molar-refractivity contribution in [1.82, 2.24) is 0 Å². The normalized spacial score (nSPS) is 10.1. The second kappa shape index (κ2) is 4.75. The van der Waals surface area contributed by atoms with Gasteiger partial charge in [-0.1, -0.05) is 0 Å². The van der Waals surface area contributed by atoms with Crippen LogP contribution in [0.3, 0.4) is 0 Å². The molecule has 0 radical (unpaired) electrons. The molecule has 0 atom stereocenters. The number of hydrogen-bond acceptors (Lipinski definition) is 1. The van der Waals surface area contributed by atoms with Crippen molar-refractivity contribution < 1.29 is 9.37 Å². The molecular formula is C13H14FN2+. The first-order chi connectivity index (χ1) is 7.75. The summed E-state index contributed by atoms with van der Waals surface area (Å²) in [6.45, 7) is 2.62. The maximum absolute atomic E-state index is 12.9. The first-order valence-corrected chi connectivity index (χ1v) is 5.21. The molecule has 0 fully saturated rings. The lowest BCUT2D eigenvalue weighted by Gasteiger charge is -2.08. The van der Waals surface area contributed by atoms with Gasteiger partial charge in [0.2, 0.25) is 0 Å². The number of nitrogens with one attached hydrogen (secondary N) is 2. The van der Waals surface area contributed by atoms with Gasteiger partial charge in [0.05, 0.1) is 0 Å². The first kappa shape index (κ1) is 10.6. The van der Waals surface area contributed by atoms with Crippen LogP contribution in [0.1, 0.15) is 11.1 Å². The molecule has 0 amide bonds. The Kier molecular flexibility index (Phi) is 3.15. The minimum absolute atomic E-state index is 0.198. The Hall–Kier alpha value is -1.90. The molecule has 0 aliphatic carbocycles. The number of anilines is 1. The van der Waals surface area contributed by atoms with Crippen molar-refractivity contribution in [3.63, 3.8) is 0 Å². The third kappa shape index (κ3) is 2.57. The maximum Gasteiger partial charge on any atom is 0.171 e. The molecule has 0 saturated heterocycles. The van der Waals surface area contributed by atoms with Gasteiger partial charge < -0.3 is 5.32 Å². The lowest BCUT2D eigenvalue weighted by molar-refractivity contribution is -0.378. The van der Waals surface area contributed by atoms with E-state index < -0.39 is 0 Å². The van der Waals surface area contributed by atoms with Gasteiger partial charge in [-0.25, -0.2) is 9.37 Å². The van der Waals surface area contributed by atoms with Crippen molar-refractivity contribution >= 4 is 5.69 Å². The van der Waals surface area contributed by atoms with Crippen LogP contribution in [0.25, 0.3) is 0 Å². The molecule has 2 rings (SSSR count). The molecule has 2 nitrogen and oxygen atoms in total. The van der Waals surface area contributed by atoms with Crippen LogP contribution < -0.4 is 10.3 Å². The molecular weight excluding hydrogens is 203 g/mol. The zero-order valence-electron chi connectivity index (χ0n) is 9.13. The van der Waals surface area contributed by atoms with Crippen LogP contribution in [0.15, 0.2) is 42.7 Å². The molecule has 0 aliphatic rings. The van der Waals surface area contributed by atoms with Gasteiger partial charge in [0, 0.05) is 23.9 Å². The minimum atomic E-state index is -0.198. The lowest BCUT2D eigenvalue weighted by atomic mass is 10.2. The number of rotatable bonds is 3. The SMILES string of the molecule is Cc1cc(F)ccc1NCc1ccc[nH+]c1. The van der Waals surface area contributed by atoms with E-state index in [2.05, 4.69) is 10.3 Å². The van der Waals surface area contributed by atoms with Crippen LogP contribution in [0.4, 0.5) is 10.1 Å². The quantitative estimate of drug-likeness (QED) is 0.840. The first-order valence-electron chi connectivity index (χ1n) is 5.21. The average molecular weight is 217 g/mol. The summed E-state index contributed by atoms with van der Waals surface area (Å²) in [5, 5.41) is 3.27. The Morgan fingerprint density at radius 3 is 2.88 bits per heavy atom. The molecule has 0 saturated carbocycles. The number of aromatic amines is 1. The van der Waals surface area contributed by atoms with E-state index in [-0.39, 0.29) is 5.82 Å². The van der Waals surface area contributed by atoms with Crippen LogP contribution in [-0.2, 0) is 6.54 Å². The largest absolute Gasteiger partial charge is 0.381 e. The highest BCUT2D eigenvalue weighted by atomic mass is 19.1. The van der Waals surface area contributed by atoms with Crippen molar-refractivity contribution in [1.29, 1.82) is 0 Å². The number of aromatic nitrogens is 1. The number of pyridine rings is 1. The van der Waals surface area contributed by atoms with E-state index in [0.717, 1.165) is 23.4 Å². The fraction of sp³-hybridized carbons (Fsp3) is 0.154. The van der Waals surface area contributed by atoms with E-state index in [9.17, 15) is 4.39 Å². The zero-order chi connectivity index (χ0) is 11.4. The van der Waals surface area contributed by atoms with E-state index in [0.29, 0.717) is 0 Å². The van der Waals surface area contributed by atoms with Gasteiger partial charge in [-0.05, 0) is 36.8 Å². The third-order valence-corrected chi connectivity index (χ3v) is 2.44. The van der Waals surface area contributed by atoms with Gasteiger partial charge in [0.25, 0.3) is 0 Å². The second-order valence-electron chi connectivity index (χ2n) is 3.72. The van der Waals surface area contributed by atoms with E-state index >= 15 is 0 Å². The fourth-order valence-corrected chi connectivity index (χ4v) is 1.56. The van der Waals surface area contributed by atoms with Gasteiger partial charge in [0.1, 0.15) is 5.82 Å². The highest BCUT2D eigenvalue weighted by Gasteiger charge is 2.00. The van der Waals surface area contributed by atoms with Gasteiger partial charge in [-0.3, -0.25) is 0 Å². The van der Waals surface area contributed by atoms with Gasteiger partial charge in [-0.15, -0.1) is 0 Å². The Morgan fingerprint density at radius 1 is 1.31 bits per heavy atom. The predicted molar refractivity (Wildman–Crippen MR) is 61.5 cm³/mol. The minimum Gasteiger partial charge on any atom is -0.381 e. The lowest BCUT2D eigenvalue weighted by Crippen LogP contribution is -2.06. The summed E-state index contributed by atoms with van der Waals surface area (Å²) in [4.78, 5) is 3.02. The summed E-state index contributed by atoms with van der Waals surface area (Å²) in [6.07, 6.45) is 3.80. The second-order valence-corrected chi connectivity index (χ2v) is 3.72. The van der Waals surface area contributed by atoms with Crippen molar-refractivity contribution in [2.45, 2.75) is 13.5 Å². The van der Waals surface area contributed by atoms with Crippen molar-refractivity contribution in [2.75, 3.05) is 5.32 Å². The summed E-state index contributed by atoms with van der Waals surface area (Å²) in [5.74, 6) is -0.198. The maximum atomic E-state index is 12.9. The summed E-state index contributed by atoms with van der Waals surface area (Å²) >= 11 is 0. The highest BCUT2D eigenvalue weighted by molar-refractivity contribution is 5.50. The van der Waals surface area contributed by atoms with E-state index in [1.165, 1.54) is 12.1 Å². The third-order valence-electron chi connectivity index (χ3n) is 2.44. The molecule has 2 N–H and O–H groups in total. The summed E-state index contributed by atoms with van der Waals surface area (Å²) < 4.78 is 12.9. The smallest absolute Gasteiger partial charge is 0.171 e. The number of hydrogen-bond donors (Lipinski definition) is 1. The van der Waals surface area contributed by atoms with Crippen LogP contribution in [0.2, 0.25) is 0 Å². The number of aryl methyl sites for hydroxylation is 1. The zero-order valence-corrected chi connectivity index (χ0v) is 9.13. The topological polar surface area (TPSA) is 26.2 Å².